The van der Waals surface area contributed by atoms with Gasteiger partial charge in [0.05, 0.1) is 12.5 Å². The van der Waals surface area contributed by atoms with E-state index in [0.717, 1.165) is 0 Å². The molecule has 3 amide bonds. The summed E-state index contributed by atoms with van der Waals surface area (Å²) in [5.74, 6) is -5.39. The first-order chi connectivity index (χ1) is 16.8. The highest BCUT2D eigenvalue weighted by Crippen LogP contribution is 2.08. The number of unbranched alkanes of at least 4 members (excludes halogenated alkanes) is 1. The number of carbonyl (C=O) groups excluding carboxylic acids is 3. The summed E-state index contributed by atoms with van der Waals surface area (Å²) in [5.41, 5.74) is 21.6. The van der Waals surface area contributed by atoms with E-state index in [0.29, 0.717) is 19.4 Å². The Hall–Kier alpha value is -3.46. The second-order valence-corrected chi connectivity index (χ2v) is 8.63. The van der Waals surface area contributed by atoms with Gasteiger partial charge < -0.3 is 49.1 Å². The third kappa shape index (κ3) is 13.4. The zero-order chi connectivity index (χ0) is 27.8. The number of hydrogen-bond acceptors (Lipinski definition) is 8. The summed E-state index contributed by atoms with van der Waals surface area (Å²) in [6.45, 7) is 3.85. The van der Waals surface area contributed by atoms with Gasteiger partial charge in [0.15, 0.2) is 5.96 Å². The Morgan fingerprint density at radius 3 is 1.92 bits per heavy atom. The SMILES string of the molecule is CC(C)C(NC(=O)C(CCCN=C(N)N)NC(=O)C(N)CC(=O)O)C(=O)NC(CCCCN)C(=O)O. The average molecular weight is 517 g/mol. The lowest BCUT2D eigenvalue weighted by Gasteiger charge is -2.27. The third-order valence-electron chi connectivity index (χ3n) is 5.12. The molecule has 0 radical (unpaired) electrons. The van der Waals surface area contributed by atoms with Gasteiger partial charge in [-0.25, -0.2) is 4.79 Å². The lowest BCUT2D eigenvalue weighted by atomic mass is 10.0. The smallest absolute Gasteiger partial charge is 0.326 e. The highest BCUT2D eigenvalue weighted by molar-refractivity contribution is 5.94. The van der Waals surface area contributed by atoms with Crippen LogP contribution in [0.4, 0.5) is 0 Å². The molecule has 4 unspecified atom stereocenters. The minimum absolute atomic E-state index is 0.0530. The summed E-state index contributed by atoms with van der Waals surface area (Å²) in [7, 11) is 0. The fourth-order valence-corrected chi connectivity index (χ4v) is 3.13. The molecular formula is C21H40N8O7. The number of carboxylic acids is 2. The molecule has 0 aliphatic heterocycles. The topological polar surface area (TPSA) is 278 Å². The van der Waals surface area contributed by atoms with E-state index in [-0.39, 0.29) is 31.8 Å². The second-order valence-electron chi connectivity index (χ2n) is 8.63. The minimum atomic E-state index is -1.40. The molecule has 0 bridgehead atoms. The van der Waals surface area contributed by atoms with Crippen molar-refractivity contribution in [1.82, 2.24) is 16.0 Å². The van der Waals surface area contributed by atoms with Crippen LogP contribution < -0.4 is 38.9 Å². The lowest BCUT2D eigenvalue weighted by Crippen LogP contribution is -2.58. The highest BCUT2D eigenvalue weighted by atomic mass is 16.4. The molecule has 0 fully saturated rings. The Labute approximate surface area is 209 Å². The number of hydrogen-bond donors (Lipinski definition) is 9. The van der Waals surface area contributed by atoms with Crippen LogP contribution in [0.15, 0.2) is 4.99 Å². The number of guanidine groups is 1. The van der Waals surface area contributed by atoms with Gasteiger partial charge in [-0.15, -0.1) is 0 Å². The van der Waals surface area contributed by atoms with Crippen molar-refractivity contribution in [2.75, 3.05) is 13.1 Å². The van der Waals surface area contributed by atoms with Crippen molar-refractivity contribution in [2.45, 2.75) is 76.5 Å². The number of aliphatic imine (C=N–C) groups is 1. The first-order valence-electron chi connectivity index (χ1n) is 11.7. The largest absolute Gasteiger partial charge is 0.481 e. The van der Waals surface area contributed by atoms with Gasteiger partial charge in [0, 0.05) is 6.54 Å². The Morgan fingerprint density at radius 2 is 1.42 bits per heavy atom. The molecule has 0 heterocycles. The van der Waals surface area contributed by atoms with Crippen molar-refractivity contribution in [1.29, 1.82) is 0 Å². The molecule has 0 aromatic carbocycles. The molecule has 36 heavy (non-hydrogen) atoms. The van der Waals surface area contributed by atoms with E-state index in [2.05, 4.69) is 20.9 Å². The van der Waals surface area contributed by atoms with Crippen LogP contribution in [0.1, 0.15) is 52.4 Å². The lowest BCUT2D eigenvalue weighted by molar-refractivity contribution is -0.142. The van der Waals surface area contributed by atoms with E-state index < -0.39 is 66.2 Å². The summed E-state index contributed by atoms with van der Waals surface area (Å²) in [4.78, 5) is 64.4. The molecule has 0 aliphatic carbocycles. The van der Waals surface area contributed by atoms with Crippen LogP contribution in [0.2, 0.25) is 0 Å². The minimum Gasteiger partial charge on any atom is -0.481 e. The molecule has 0 spiro atoms. The van der Waals surface area contributed by atoms with Gasteiger partial charge in [-0.2, -0.15) is 0 Å². The molecule has 15 nitrogen and oxygen atoms in total. The van der Waals surface area contributed by atoms with E-state index in [1.807, 2.05) is 0 Å². The maximum absolute atomic E-state index is 13.0. The number of nitrogens with zero attached hydrogens (tertiary/aromatic N) is 1. The summed E-state index contributed by atoms with van der Waals surface area (Å²) >= 11 is 0. The van der Waals surface area contributed by atoms with Gasteiger partial charge in [0.1, 0.15) is 18.1 Å². The maximum atomic E-state index is 13.0. The molecule has 0 aromatic rings. The Balaban J connectivity index is 5.50. The van der Waals surface area contributed by atoms with Crippen LogP contribution in [0.5, 0.6) is 0 Å². The van der Waals surface area contributed by atoms with Crippen LogP contribution >= 0.6 is 0 Å². The first-order valence-corrected chi connectivity index (χ1v) is 11.7. The standard InChI is InChI=1S/C21H40N8O7/c1-11(2)16(19(34)28-14(20(35)36)6-3-4-8-22)29-18(33)13(7-5-9-26-21(24)25)27-17(32)12(23)10-15(30)31/h11-14,16H,3-10,22-23H2,1-2H3,(H,27,32)(H,28,34)(H,29,33)(H,30,31)(H,35,36)(H4,24,25,26). The molecule has 206 valence electrons. The normalized spacial score (nSPS) is 14.1. The van der Waals surface area contributed by atoms with Crippen LogP contribution in [-0.4, -0.2) is 83.1 Å². The Morgan fingerprint density at radius 1 is 0.833 bits per heavy atom. The predicted molar refractivity (Wildman–Crippen MR) is 131 cm³/mol. The molecule has 15 heteroatoms. The van der Waals surface area contributed by atoms with Crippen molar-refractivity contribution in [2.24, 2.45) is 33.8 Å². The van der Waals surface area contributed by atoms with Crippen LogP contribution in [0, 0.1) is 5.92 Å². The molecule has 0 aliphatic rings. The first kappa shape index (κ1) is 32.5. The van der Waals surface area contributed by atoms with Gasteiger partial charge in [0.2, 0.25) is 17.7 Å². The molecule has 13 N–H and O–H groups in total. The predicted octanol–water partition coefficient (Wildman–Crippen LogP) is -2.83. The zero-order valence-electron chi connectivity index (χ0n) is 20.7. The summed E-state index contributed by atoms with van der Waals surface area (Å²) in [5, 5.41) is 25.6. The number of rotatable bonds is 18. The quantitative estimate of drug-likeness (QED) is 0.0508. The van der Waals surface area contributed by atoms with Gasteiger partial charge in [0.25, 0.3) is 0 Å². The van der Waals surface area contributed by atoms with Crippen LogP contribution in [0.25, 0.3) is 0 Å². The van der Waals surface area contributed by atoms with E-state index in [4.69, 9.17) is 28.0 Å². The molecule has 0 saturated heterocycles. The summed E-state index contributed by atoms with van der Waals surface area (Å²) in [6, 6.07) is -4.85. The monoisotopic (exact) mass is 516 g/mol. The molecule has 0 rings (SSSR count). The van der Waals surface area contributed by atoms with Crippen molar-refractivity contribution in [3.05, 3.63) is 0 Å². The number of nitrogens with two attached hydrogens (primary N) is 4. The second kappa shape index (κ2) is 17.0. The zero-order valence-corrected chi connectivity index (χ0v) is 20.7. The number of carboxylic acid groups (broad SMARTS) is 2. The summed E-state index contributed by atoms with van der Waals surface area (Å²) < 4.78 is 0. The van der Waals surface area contributed by atoms with Crippen molar-refractivity contribution < 1.29 is 34.2 Å². The number of aliphatic carboxylic acids is 2. The van der Waals surface area contributed by atoms with Crippen LogP contribution in [-0.2, 0) is 24.0 Å². The molecule has 0 aromatic heterocycles. The highest BCUT2D eigenvalue weighted by Gasteiger charge is 2.32. The van der Waals surface area contributed by atoms with Crippen molar-refractivity contribution in [3.8, 4) is 0 Å². The Kier molecular flexibility index (Phi) is 15.4. The van der Waals surface area contributed by atoms with Gasteiger partial charge in [-0.05, 0) is 44.6 Å². The van der Waals surface area contributed by atoms with Crippen molar-refractivity contribution >= 4 is 35.6 Å². The maximum Gasteiger partial charge on any atom is 0.326 e. The number of carbonyl (C=O) groups is 5. The van der Waals surface area contributed by atoms with Gasteiger partial charge in [-0.1, -0.05) is 13.8 Å². The Bertz CT molecular complexity index is 786. The fraction of sp³-hybridized carbons (Fsp3) is 0.714. The molecular weight excluding hydrogens is 476 g/mol. The number of amides is 3. The van der Waals surface area contributed by atoms with Crippen molar-refractivity contribution in [3.63, 3.8) is 0 Å². The van der Waals surface area contributed by atoms with Gasteiger partial charge >= 0.3 is 11.9 Å². The average Bonchev–Trinajstić information content (AvgIpc) is 2.77. The van der Waals surface area contributed by atoms with Crippen LogP contribution in [0.3, 0.4) is 0 Å². The molecule has 0 saturated carbocycles. The van der Waals surface area contributed by atoms with Gasteiger partial charge in [-0.3, -0.25) is 24.2 Å². The third-order valence-corrected chi connectivity index (χ3v) is 5.12. The fourth-order valence-electron chi connectivity index (χ4n) is 3.13. The molecule has 4 atom stereocenters. The summed E-state index contributed by atoms with van der Waals surface area (Å²) in [6.07, 6.45) is 0.929. The number of nitrogens with one attached hydrogen (secondary N) is 3. The van der Waals surface area contributed by atoms with E-state index in [9.17, 15) is 29.1 Å². The van der Waals surface area contributed by atoms with E-state index in [1.165, 1.54) is 0 Å². The van der Waals surface area contributed by atoms with E-state index >= 15 is 0 Å². The van der Waals surface area contributed by atoms with E-state index in [1.54, 1.807) is 13.8 Å².